The Bertz CT molecular complexity index is 1430. The average Bonchev–Trinajstić information content (AvgIpc) is 2.85. The van der Waals surface area contributed by atoms with Gasteiger partial charge in [0.2, 0.25) is 0 Å². The molecule has 0 saturated carbocycles. The minimum atomic E-state index is 0.825. The summed E-state index contributed by atoms with van der Waals surface area (Å²) in [5, 5.41) is 6.78. The van der Waals surface area contributed by atoms with E-state index in [0.29, 0.717) is 0 Å². The fraction of sp³-hybridized carbons (Fsp3) is 0. The predicted octanol–water partition coefficient (Wildman–Crippen LogP) is 8.73. The first kappa shape index (κ1) is 18.5. The summed E-state index contributed by atoms with van der Waals surface area (Å²) >= 11 is 0. The number of para-hydroxylation sites is 2. The van der Waals surface area contributed by atoms with Crippen LogP contribution in [0.4, 0.5) is 0 Å². The summed E-state index contributed by atoms with van der Waals surface area (Å²) in [7, 11) is 0. The normalized spacial score (nSPS) is 11.1. The second-order valence-corrected chi connectivity index (χ2v) is 7.76. The third kappa shape index (κ3) is 3.23. The first-order valence-corrected chi connectivity index (χ1v) is 10.7. The van der Waals surface area contributed by atoms with Crippen LogP contribution in [0.25, 0.3) is 32.3 Å². The van der Waals surface area contributed by atoms with Crippen LogP contribution in [0.15, 0.2) is 121 Å². The summed E-state index contributed by atoms with van der Waals surface area (Å²) in [6.45, 7) is 0. The van der Waals surface area contributed by atoms with Crippen molar-refractivity contribution in [1.82, 2.24) is 0 Å². The summed E-state index contributed by atoms with van der Waals surface area (Å²) in [5.74, 6) is 3.34. The Morgan fingerprint density at radius 2 is 0.781 bits per heavy atom. The fourth-order valence-electron chi connectivity index (χ4n) is 4.31. The van der Waals surface area contributed by atoms with Crippen molar-refractivity contribution in [2.75, 3.05) is 0 Å². The van der Waals surface area contributed by atoms with Gasteiger partial charge in [0, 0.05) is 10.8 Å². The van der Waals surface area contributed by atoms with Gasteiger partial charge in [-0.3, -0.25) is 0 Å². The molecule has 6 aromatic rings. The zero-order valence-corrected chi connectivity index (χ0v) is 17.4. The Morgan fingerprint density at radius 3 is 1.22 bits per heavy atom. The highest BCUT2D eigenvalue weighted by Gasteiger charge is 2.13. The van der Waals surface area contributed by atoms with Crippen molar-refractivity contribution >= 4 is 32.3 Å². The molecule has 0 bridgehead atoms. The third-order valence-corrected chi connectivity index (χ3v) is 5.75. The van der Waals surface area contributed by atoms with Gasteiger partial charge < -0.3 is 9.47 Å². The highest BCUT2D eigenvalue weighted by Crippen LogP contribution is 2.41. The van der Waals surface area contributed by atoms with E-state index in [1.807, 2.05) is 84.9 Å². The second-order valence-electron chi connectivity index (χ2n) is 7.76. The van der Waals surface area contributed by atoms with Crippen molar-refractivity contribution in [3.63, 3.8) is 0 Å². The summed E-state index contributed by atoms with van der Waals surface area (Å²) in [6, 6.07) is 40.9. The van der Waals surface area contributed by atoms with Gasteiger partial charge in [0.1, 0.15) is 23.0 Å². The van der Waals surface area contributed by atoms with E-state index in [1.54, 1.807) is 0 Å². The van der Waals surface area contributed by atoms with Gasteiger partial charge in [-0.1, -0.05) is 84.9 Å². The van der Waals surface area contributed by atoms with Crippen LogP contribution in [0.3, 0.4) is 0 Å². The van der Waals surface area contributed by atoms with E-state index in [1.165, 1.54) is 0 Å². The van der Waals surface area contributed by atoms with E-state index in [0.717, 1.165) is 55.3 Å². The fourth-order valence-corrected chi connectivity index (χ4v) is 4.31. The Balaban J connectivity index is 1.60. The van der Waals surface area contributed by atoms with Gasteiger partial charge in [-0.05, 0) is 57.9 Å². The highest BCUT2D eigenvalue weighted by molar-refractivity contribution is 6.20. The van der Waals surface area contributed by atoms with Gasteiger partial charge in [-0.25, -0.2) is 0 Å². The third-order valence-electron chi connectivity index (χ3n) is 5.75. The maximum absolute atomic E-state index is 6.31. The van der Waals surface area contributed by atoms with Crippen LogP contribution in [-0.4, -0.2) is 0 Å². The van der Waals surface area contributed by atoms with Crippen LogP contribution < -0.4 is 9.47 Å². The van der Waals surface area contributed by atoms with Gasteiger partial charge in [-0.2, -0.15) is 0 Å². The molecule has 0 amide bonds. The average molecular weight is 412 g/mol. The molecule has 0 fully saturated rings. The highest BCUT2D eigenvalue weighted by atomic mass is 16.5. The number of hydrogen-bond acceptors (Lipinski definition) is 2. The van der Waals surface area contributed by atoms with Crippen LogP contribution in [0, 0.1) is 0 Å². The van der Waals surface area contributed by atoms with Crippen molar-refractivity contribution in [3.05, 3.63) is 121 Å². The molecule has 0 saturated heterocycles. The molecule has 6 aromatic carbocycles. The second kappa shape index (κ2) is 7.75. The Kier molecular flexibility index (Phi) is 4.47. The monoisotopic (exact) mass is 412 g/mol. The molecule has 0 N–H and O–H groups in total. The van der Waals surface area contributed by atoms with Crippen LogP contribution in [0.2, 0.25) is 0 Å². The predicted molar refractivity (Wildman–Crippen MR) is 132 cm³/mol. The molecule has 0 aliphatic rings. The number of rotatable bonds is 4. The van der Waals surface area contributed by atoms with Crippen molar-refractivity contribution in [2.45, 2.75) is 0 Å². The molecule has 0 radical (unpaired) electrons. The molecular weight excluding hydrogens is 392 g/mol. The number of benzene rings is 6. The molecule has 6 rings (SSSR count). The molecule has 0 spiro atoms. The largest absolute Gasteiger partial charge is 0.457 e. The Morgan fingerprint density at radius 1 is 0.344 bits per heavy atom. The smallest absolute Gasteiger partial charge is 0.135 e. The SMILES string of the molecule is c1ccc(Oc2cccc3ccc4c(ccc5cccc(Oc6ccccc6)c54)c23)cc1. The van der Waals surface area contributed by atoms with Crippen molar-refractivity contribution in [2.24, 2.45) is 0 Å². The van der Waals surface area contributed by atoms with Crippen molar-refractivity contribution in [1.29, 1.82) is 0 Å². The molecule has 0 aliphatic heterocycles. The topological polar surface area (TPSA) is 18.5 Å². The Hall–Kier alpha value is -4.30. The summed E-state index contributed by atoms with van der Waals surface area (Å²) in [4.78, 5) is 0. The molecule has 0 aromatic heterocycles. The zero-order chi connectivity index (χ0) is 21.3. The number of fused-ring (bicyclic) bond motifs is 5. The lowest BCUT2D eigenvalue weighted by atomic mass is 9.96. The quantitative estimate of drug-likeness (QED) is 0.270. The van der Waals surface area contributed by atoms with E-state index in [9.17, 15) is 0 Å². The Labute approximate surface area is 186 Å². The summed E-state index contributed by atoms with van der Waals surface area (Å²) in [5.41, 5.74) is 0. The molecule has 152 valence electrons. The zero-order valence-electron chi connectivity index (χ0n) is 17.4. The molecule has 0 aliphatic carbocycles. The molecule has 2 nitrogen and oxygen atoms in total. The van der Waals surface area contributed by atoms with Crippen LogP contribution in [0.5, 0.6) is 23.0 Å². The molecule has 0 heterocycles. The first-order chi connectivity index (χ1) is 15.9. The standard InChI is InChI=1S/C30H20O2/c1-3-11-23(12-4-1)31-27-15-7-9-21-17-20-26-25(29(21)27)19-18-22-10-8-16-28(30(22)26)32-24-13-5-2-6-14-24/h1-20H. The minimum absolute atomic E-state index is 0.825. The van der Waals surface area contributed by atoms with Crippen molar-refractivity contribution in [3.8, 4) is 23.0 Å². The van der Waals surface area contributed by atoms with Gasteiger partial charge in [0.15, 0.2) is 0 Å². The summed E-state index contributed by atoms with van der Waals surface area (Å²) in [6.07, 6.45) is 0. The van der Waals surface area contributed by atoms with Crippen LogP contribution in [0.1, 0.15) is 0 Å². The van der Waals surface area contributed by atoms with E-state index >= 15 is 0 Å². The molecule has 0 atom stereocenters. The van der Waals surface area contributed by atoms with Crippen molar-refractivity contribution < 1.29 is 9.47 Å². The molecule has 0 unspecified atom stereocenters. The molecular formula is C30H20O2. The minimum Gasteiger partial charge on any atom is -0.457 e. The van der Waals surface area contributed by atoms with Gasteiger partial charge in [0.05, 0.1) is 0 Å². The maximum Gasteiger partial charge on any atom is 0.135 e. The van der Waals surface area contributed by atoms with Gasteiger partial charge in [-0.15, -0.1) is 0 Å². The lowest BCUT2D eigenvalue weighted by Crippen LogP contribution is -1.89. The van der Waals surface area contributed by atoms with Crippen LogP contribution >= 0.6 is 0 Å². The first-order valence-electron chi connectivity index (χ1n) is 10.7. The lowest BCUT2D eigenvalue weighted by Gasteiger charge is -2.15. The van der Waals surface area contributed by atoms with E-state index in [-0.39, 0.29) is 0 Å². The van der Waals surface area contributed by atoms with E-state index in [4.69, 9.17) is 9.47 Å². The number of hydrogen-bond donors (Lipinski definition) is 0. The van der Waals surface area contributed by atoms with Gasteiger partial charge in [0.25, 0.3) is 0 Å². The maximum atomic E-state index is 6.31. The summed E-state index contributed by atoms with van der Waals surface area (Å²) < 4.78 is 12.6. The van der Waals surface area contributed by atoms with Gasteiger partial charge >= 0.3 is 0 Å². The lowest BCUT2D eigenvalue weighted by molar-refractivity contribution is 0.488. The van der Waals surface area contributed by atoms with Crippen LogP contribution in [-0.2, 0) is 0 Å². The number of ether oxygens (including phenoxy) is 2. The molecule has 32 heavy (non-hydrogen) atoms. The van der Waals surface area contributed by atoms with E-state index < -0.39 is 0 Å². The van der Waals surface area contributed by atoms with E-state index in [2.05, 4.69) is 36.4 Å². The molecule has 2 heteroatoms.